The third kappa shape index (κ3) is 3.99. The molecule has 26 heavy (non-hydrogen) atoms. The van der Waals surface area contributed by atoms with Crippen LogP contribution >= 0.6 is 0 Å². The molecule has 0 saturated heterocycles. The number of fused-ring (bicyclic) bond motifs is 1. The molecule has 2 N–H and O–H groups in total. The molecule has 0 bridgehead atoms. The number of rotatable bonds is 4. The molecule has 9 heteroatoms. The van der Waals surface area contributed by atoms with E-state index in [1.807, 2.05) is 0 Å². The smallest absolute Gasteiger partial charge is 0.490 e. The monoisotopic (exact) mass is 368 g/mol. The highest BCUT2D eigenvalue weighted by atomic mass is 19.4. The van der Waals surface area contributed by atoms with E-state index in [9.17, 15) is 18.0 Å². The zero-order valence-electron chi connectivity index (χ0n) is 13.4. The molecule has 0 saturated carbocycles. The second-order valence-electron chi connectivity index (χ2n) is 5.55. The van der Waals surface area contributed by atoms with Crippen molar-refractivity contribution in [1.82, 2.24) is 5.48 Å². The highest BCUT2D eigenvalue weighted by Crippen LogP contribution is 2.35. The highest BCUT2D eigenvalue weighted by molar-refractivity contribution is 5.95. The van der Waals surface area contributed by atoms with Crippen molar-refractivity contribution >= 4 is 11.6 Å². The summed E-state index contributed by atoms with van der Waals surface area (Å²) in [5.74, 6) is -0.476. The van der Waals surface area contributed by atoms with Crippen LogP contribution in [-0.2, 0) is 6.54 Å². The number of alkyl halides is 3. The number of carbonyl (C=O) groups excluding carboxylic acids is 1. The molecule has 2 aromatic rings. The molecule has 0 spiro atoms. The van der Waals surface area contributed by atoms with Gasteiger partial charge in [0, 0.05) is 17.7 Å². The molecule has 138 valence electrons. The van der Waals surface area contributed by atoms with Crippen LogP contribution in [0.25, 0.3) is 0 Å². The van der Waals surface area contributed by atoms with Crippen LogP contribution in [0.5, 0.6) is 11.5 Å². The summed E-state index contributed by atoms with van der Waals surface area (Å²) in [4.78, 5) is 13.4. The van der Waals surface area contributed by atoms with Gasteiger partial charge in [-0.25, -0.2) is 5.48 Å². The fourth-order valence-electron chi connectivity index (χ4n) is 2.71. The molecule has 1 aliphatic rings. The lowest BCUT2D eigenvalue weighted by atomic mass is 10.1. The fourth-order valence-corrected chi connectivity index (χ4v) is 2.71. The van der Waals surface area contributed by atoms with Crippen LogP contribution in [0.15, 0.2) is 42.5 Å². The first-order valence-corrected chi connectivity index (χ1v) is 7.67. The molecule has 0 aromatic heterocycles. The predicted octanol–water partition coefficient (Wildman–Crippen LogP) is 3.10. The maximum atomic E-state index is 12.6. The van der Waals surface area contributed by atoms with E-state index in [0.717, 1.165) is 0 Å². The van der Waals surface area contributed by atoms with Gasteiger partial charge < -0.3 is 14.4 Å². The summed E-state index contributed by atoms with van der Waals surface area (Å²) in [5.41, 5.74) is 2.62. The van der Waals surface area contributed by atoms with Gasteiger partial charge in [-0.05, 0) is 24.3 Å². The summed E-state index contributed by atoms with van der Waals surface area (Å²) in [6, 6.07) is 10.4. The van der Waals surface area contributed by atoms with E-state index in [0.29, 0.717) is 30.2 Å². The highest BCUT2D eigenvalue weighted by Gasteiger charge is 2.32. The molecular formula is C17H15F3N2O4. The number of anilines is 1. The van der Waals surface area contributed by atoms with E-state index in [4.69, 9.17) is 9.94 Å². The number of halogens is 3. The number of ether oxygens (including phenoxy) is 2. The Labute approximate surface area is 146 Å². The average molecular weight is 368 g/mol. The Morgan fingerprint density at radius 1 is 1.27 bits per heavy atom. The van der Waals surface area contributed by atoms with Gasteiger partial charge in [0.1, 0.15) is 18.1 Å². The molecular weight excluding hydrogens is 353 g/mol. The van der Waals surface area contributed by atoms with Crippen LogP contribution < -0.4 is 19.9 Å². The largest absolute Gasteiger partial charge is 0.573 e. The molecule has 0 fully saturated rings. The quantitative estimate of drug-likeness (QED) is 0.641. The maximum absolute atomic E-state index is 12.6. The number of para-hydroxylation sites is 1. The lowest BCUT2D eigenvalue weighted by molar-refractivity contribution is -0.274. The Balaban J connectivity index is 1.90. The Morgan fingerprint density at radius 2 is 2.04 bits per heavy atom. The number of nitrogens with zero attached hydrogens (tertiary/aromatic N) is 1. The Hall–Kier alpha value is -2.94. The van der Waals surface area contributed by atoms with E-state index in [1.165, 1.54) is 24.3 Å². The molecule has 0 aliphatic carbocycles. The van der Waals surface area contributed by atoms with Gasteiger partial charge in [0.15, 0.2) is 0 Å². The van der Waals surface area contributed by atoms with Gasteiger partial charge in [-0.3, -0.25) is 10.0 Å². The molecule has 0 radical (unpaired) electrons. The second kappa shape index (κ2) is 7.12. The van der Waals surface area contributed by atoms with Gasteiger partial charge in [0.2, 0.25) is 0 Å². The van der Waals surface area contributed by atoms with Crippen molar-refractivity contribution in [2.24, 2.45) is 0 Å². The minimum Gasteiger partial charge on any atom is -0.490 e. The fraction of sp³-hybridized carbons (Fsp3) is 0.235. The van der Waals surface area contributed by atoms with Gasteiger partial charge >= 0.3 is 6.36 Å². The third-order valence-electron chi connectivity index (χ3n) is 3.84. The van der Waals surface area contributed by atoms with Crippen LogP contribution in [0.4, 0.5) is 18.9 Å². The van der Waals surface area contributed by atoms with Crippen molar-refractivity contribution in [1.29, 1.82) is 0 Å². The first kappa shape index (κ1) is 17.9. The van der Waals surface area contributed by atoms with Crippen molar-refractivity contribution in [2.45, 2.75) is 12.9 Å². The topological polar surface area (TPSA) is 71.0 Å². The van der Waals surface area contributed by atoms with Gasteiger partial charge in [-0.1, -0.05) is 18.2 Å². The van der Waals surface area contributed by atoms with Gasteiger partial charge in [-0.2, -0.15) is 0 Å². The standard InChI is InChI=1S/C17H15F3N2O4/c18-17(19,20)26-14-4-2-1-3-12(14)10-22-7-8-25-15-6-5-11(9-13(15)22)16(23)21-24/h1-6,9,24H,7-8,10H2,(H,21,23). The molecule has 0 atom stereocenters. The first-order valence-electron chi connectivity index (χ1n) is 7.67. The van der Waals surface area contributed by atoms with Crippen LogP contribution in [0.2, 0.25) is 0 Å². The lowest BCUT2D eigenvalue weighted by Gasteiger charge is -2.32. The van der Waals surface area contributed by atoms with E-state index < -0.39 is 12.3 Å². The van der Waals surface area contributed by atoms with Crippen LogP contribution in [-0.4, -0.2) is 30.6 Å². The minimum atomic E-state index is -4.79. The molecule has 3 rings (SSSR count). The third-order valence-corrected chi connectivity index (χ3v) is 3.84. The Kier molecular flexibility index (Phi) is 4.90. The number of benzene rings is 2. The first-order chi connectivity index (χ1) is 12.4. The van der Waals surface area contributed by atoms with Gasteiger partial charge in [-0.15, -0.1) is 13.2 Å². The average Bonchev–Trinajstić information content (AvgIpc) is 2.61. The summed E-state index contributed by atoms with van der Waals surface area (Å²) < 4.78 is 47.4. The lowest BCUT2D eigenvalue weighted by Crippen LogP contribution is -2.33. The van der Waals surface area contributed by atoms with Gasteiger partial charge in [0.25, 0.3) is 5.91 Å². The van der Waals surface area contributed by atoms with Crippen molar-refractivity contribution < 1.29 is 32.6 Å². The van der Waals surface area contributed by atoms with Crippen molar-refractivity contribution in [3.05, 3.63) is 53.6 Å². The molecule has 2 aromatic carbocycles. The molecule has 6 nitrogen and oxygen atoms in total. The summed E-state index contributed by atoms with van der Waals surface area (Å²) in [6.45, 7) is 0.894. The summed E-state index contributed by atoms with van der Waals surface area (Å²) in [7, 11) is 0. The number of hydrogen-bond acceptors (Lipinski definition) is 5. The zero-order valence-corrected chi connectivity index (χ0v) is 13.4. The van der Waals surface area contributed by atoms with E-state index in [-0.39, 0.29) is 17.9 Å². The predicted molar refractivity (Wildman–Crippen MR) is 85.4 cm³/mol. The van der Waals surface area contributed by atoms with Crippen LogP contribution in [0, 0.1) is 0 Å². The zero-order chi connectivity index (χ0) is 18.7. The van der Waals surface area contributed by atoms with Crippen LogP contribution in [0.3, 0.4) is 0 Å². The number of hydrogen-bond donors (Lipinski definition) is 2. The minimum absolute atomic E-state index is 0.132. The maximum Gasteiger partial charge on any atom is 0.573 e. The van der Waals surface area contributed by atoms with Gasteiger partial charge in [0.05, 0.1) is 12.2 Å². The SMILES string of the molecule is O=C(NO)c1ccc2c(c1)N(Cc1ccccc1OC(F)(F)F)CCO2. The molecule has 1 amide bonds. The number of hydroxylamine groups is 1. The number of amides is 1. The molecule has 1 heterocycles. The van der Waals surface area contributed by atoms with Crippen molar-refractivity contribution in [2.75, 3.05) is 18.1 Å². The second-order valence-corrected chi connectivity index (χ2v) is 5.55. The summed E-state index contributed by atoms with van der Waals surface area (Å²) in [6.07, 6.45) is -4.79. The number of nitrogens with one attached hydrogen (secondary N) is 1. The van der Waals surface area contributed by atoms with Crippen LogP contribution in [0.1, 0.15) is 15.9 Å². The summed E-state index contributed by atoms with van der Waals surface area (Å²) in [5, 5.41) is 8.77. The summed E-state index contributed by atoms with van der Waals surface area (Å²) >= 11 is 0. The molecule has 1 aliphatic heterocycles. The molecule has 0 unspecified atom stereocenters. The van der Waals surface area contributed by atoms with E-state index >= 15 is 0 Å². The van der Waals surface area contributed by atoms with E-state index in [1.54, 1.807) is 28.6 Å². The van der Waals surface area contributed by atoms with Crippen molar-refractivity contribution in [3.63, 3.8) is 0 Å². The van der Waals surface area contributed by atoms with Crippen molar-refractivity contribution in [3.8, 4) is 11.5 Å². The Morgan fingerprint density at radius 3 is 2.77 bits per heavy atom. The number of carbonyl (C=O) groups is 1. The van der Waals surface area contributed by atoms with E-state index in [2.05, 4.69) is 4.74 Å². The normalized spacial score (nSPS) is 13.6. The Bertz CT molecular complexity index is 811.